The first-order valence-electron chi connectivity index (χ1n) is 4.02. The molecule has 0 radical (unpaired) electrons. The minimum atomic E-state index is -0.185. The van der Waals surface area contributed by atoms with Crippen molar-refractivity contribution in [2.24, 2.45) is 12.9 Å². The summed E-state index contributed by atoms with van der Waals surface area (Å²) in [5.41, 5.74) is 4.29. The molecule has 0 aliphatic heterocycles. The van der Waals surface area contributed by atoms with Crippen LogP contribution in [0.4, 0.5) is 0 Å². The van der Waals surface area contributed by atoms with E-state index in [1.165, 1.54) is 0 Å². The Morgan fingerprint density at radius 2 is 2.43 bits per heavy atom. The molecule has 1 atom stereocenters. The summed E-state index contributed by atoms with van der Waals surface area (Å²) >= 11 is 1.15. The van der Waals surface area contributed by atoms with E-state index in [0.717, 1.165) is 23.1 Å². The van der Waals surface area contributed by atoms with Gasteiger partial charge in [-0.3, -0.25) is 5.84 Å². The van der Waals surface area contributed by atoms with Gasteiger partial charge in [-0.25, -0.2) is 10.4 Å². The molecule has 0 saturated heterocycles. The first-order chi connectivity index (χ1) is 6.81. The molecule has 0 fully saturated rings. The Morgan fingerprint density at radius 1 is 1.57 bits per heavy atom. The van der Waals surface area contributed by atoms with Crippen molar-refractivity contribution >= 4 is 11.7 Å². The Hall–Kier alpha value is -1.31. The van der Waals surface area contributed by atoms with Crippen LogP contribution in [0.1, 0.15) is 17.4 Å². The van der Waals surface area contributed by atoms with Crippen molar-refractivity contribution in [1.82, 2.24) is 23.7 Å². The topological polar surface area (TPSA) is 81.7 Å². The standard InChI is InChI=1S/C7H10N6S/c1-13-3-6(9-4-13)7(11-8)5-2-10-14-12-5/h2-4,7,11H,8H2,1H3. The van der Waals surface area contributed by atoms with Gasteiger partial charge in [0.2, 0.25) is 0 Å². The van der Waals surface area contributed by atoms with E-state index in [1.54, 1.807) is 12.5 Å². The Balaban J connectivity index is 2.31. The molecular weight excluding hydrogens is 200 g/mol. The van der Waals surface area contributed by atoms with Crippen LogP contribution >= 0.6 is 11.7 Å². The number of nitrogens with two attached hydrogens (primary N) is 1. The van der Waals surface area contributed by atoms with Crippen LogP contribution in [0.15, 0.2) is 18.7 Å². The highest BCUT2D eigenvalue weighted by Crippen LogP contribution is 2.17. The zero-order chi connectivity index (χ0) is 9.97. The average molecular weight is 210 g/mol. The smallest absolute Gasteiger partial charge is 0.109 e. The van der Waals surface area contributed by atoms with Crippen LogP contribution in [-0.4, -0.2) is 18.3 Å². The molecule has 7 heteroatoms. The van der Waals surface area contributed by atoms with Gasteiger partial charge in [0.05, 0.1) is 35.6 Å². The SMILES string of the molecule is Cn1cnc(C(NN)c2cnsn2)c1. The molecule has 1 unspecified atom stereocenters. The Morgan fingerprint density at radius 3 is 2.93 bits per heavy atom. The van der Waals surface area contributed by atoms with Gasteiger partial charge in [-0.15, -0.1) is 0 Å². The van der Waals surface area contributed by atoms with Gasteiger partial charge in [0.15, 0.2) is 0 Å². The van der Waals surface area contributed by atoms with Gasteiger partial charge < -0.3 is 4.57 Å². The van der Waals surface area contributed by atoms with Gasteiger partial charge >= 0.3 is 0 Å². The number of nitrogens with one attached hydrogen (secondary N) is 1. The van der Waals surface area contributed by atoms with Crippen LogP contribution in [0.25, 0.3) is 0 Å². The molecule has 0 aliphatic rings. The highest BCUT2D eigenvalue weighted by Gasteiger charge is 2.17. The van der Waals surface area contributed by atoms with Crippen molar-refractivity contribution in [3.8, 4) is 0 Å². The van der Waals surface area contributed by atoms with Crippen LogP contribution in [0.2, 0.25) is 0 Å². The number of hydrogen-bond acceptors (Lipinski definition) is 6. The predicted molar refractivity (Wildman–Crippen MR) is 52.3 cm³/mol. The highest BCUT2D eigenvalue weighted by atomic mass is 32.1. The number of aromatic nitrogens is 4. The second kappa shape index (κ2) is 3.82. The van der Waals surface area contributed by atoms with Crippen LogP contribution < -0.4 is 11.3 Å². The maximum atomic E-state index is 5.44. The summed E-state index contributed by atoms with van der Waals surface area (Å²) < 4.78 is 9.90. The van der Waals surface area contributed by atoms with Crippen molar-refractivity contribution < 1.29 is 0 Å². The van der Waals surface area contributed by atoms with Gasteiger partial charge in [0.1, 0.15) is 6.04 Å². The molecule has 0 bridgehead atoms. The van der Waals surface area contributed by atoms with E-state index in [0.29, 0.717) is 0 Å². The zero-order valence-corrected chi connectivity index (χ0v) is 8.40. The first-order valence-corrected chi connectivity index (χ1v) is 4.75. The van der Waals surface area contributed by atoms with E-state index in [2.05, 4.69) is 19.2 Å². The maximum absolute atomic E-state index is 5.44. The lowest BCUT2D eigenvalue weighted by Gasteiger charge is -2.08. The van der Waals surface area contributed by atoms with E-state index in [-0.39, 0.29) is 6.04 Å². The molecule has 0 spiro atoms. The first kappa shape index (κ1) is 9.25. The number of hydrogen-bond donors (Lipinski definition) is 2. The second-order valence-electron chi connectivity index (χ2n) is 2.90. The molecule has 2 heterocycles. The van der Waals surface area contributed by atoms with Gasteiger partial charge in [0.25, 0.3) is 0 Å². The molecule has 3 N–H and O–H groups in total. The van der Waals surface area contributed by atoms with Crippen molar-refractivity contribution in [2.75, 3.05) is 0 Å². The summed E-state index contributed by atoms with van der Waals surface area (Å²) in [4.78, 5) is 4.20. The number of nitrogens with zero attached hydrogens (tertiary/aromatic N) is 4. The maximum Gasteiger partial charge on any atom is 0.109 e. The largest absolute Gasteiger partial charge is 0.340 e. The van der Waals surface area contributed by atoms with Crippen LogP contribution in [0, 0.1) is 0 Å². The van der Waals surface area contributed by atoms with Gasteiger partial charge in [-0.05, 0) is 0 Å². The summed E-state index contributed by atoms with van der Waals surface area (Å²) in [6.07, 6.45) is 5.30. The third kappa shape index (κ3) is 1.65. The molecule has 6 nitrogen and oxygen atoms in total. The number of rotatable bonds is 3. The average Bonchev–Trinajstić information content (AvgIpc) is 2.79. The van der Waals surface area contributed by atoms with Crippen molar-refractivity contribution in [1.29, 1.82) is 0 Å². The predicted octanol–water partition coefficient (Wildman–Crippen LogP) is -0.176. The van der Waals surface area contributed by atoms with E-state index < -0.39 is 0 Å². The van der Waals surface area contributed by atoms with Crippen molar-refractivity contribution in [3.63, 3.8) is 0 Å². The van der Waals surface area contributed by atoms with Crippen LogP contribution in [-0.2, 0) is 7.05 Å². The van der Waals surface area contributed by atoms with Gasteiger partial charge in [0, 0.05) is 13.2 Å². The lowest BCUT2D eigenvalue weighted by atomic mass is 10.2. The van der Waals surface area contributed by atoms with Crippen LogP contribution in [0.5, 0.6) is 0 Å². The molecule has 2 aromatic rings. The Bertz CT molecular complexity index is 394. The summed E-state index contributed by atoms with van der Waals surface area (Å²) in [6.45, 7) is 0. The number of aryl methyl sites for hydroxylation is 1. The quantitative estimate of drug-likeness (QED) is 0.542. The Labute approximate surface area is 85.1 Å². The normalized spacial score (nSPS) is 13.0. The minimum absolute atomic E-state index is 0.185. The number of imidazole rings is 1. The highest BCUT2D eigenvalue weighted by molar-refractivity contribution is 6.99. The van der Waals surface area contributed by atoms with Crippen molar-refractivity contribution in [2.45, 2.75) is 6.04 Å². The molecule has 74 valence electrons. The summed E-state index contributed by atoms with van der Waals surface area (Å²) in [5.74, 6) is 5.44. The summed E-state index contributed by atoms with van der Waals surface area (Å²) in [6, 6.07) is -0.185. The fraction of sp³-hybridized carbons (Fsp3) is 0.286. The van der Waals surface area contributed by atoms with E-state index in [4.69, 9.17) is 5.84 Å². The summed E-state index contributed by atoms with van der Waals surface area (Å²) in [7, 11) is 1.91. The molecule has 0 saturated carbocycles. The monoisotopic (exact) mass is 210 g/mol. The molecule has 2 aromatic heterocycles. The minimum Gasteiger partial charge on any atom is -0.340 e. The van der Waals surface area contributed by atoms with Crippen molar-refractivity contribution in [3.05, 3.63) is 30.1 Å². The van der Waals surface area contributed by atoms with Gasteiger partial charge in [-0.2, -0.15) is 8.75 Å². The van der Waals surface area contributed by atoms with E-state index in [9.17, 15) is 0 Å². The van der Waals surface area contributed by atoms with E-state index >= 15 is 0 Å². The third-order valence-corrected chi connectivity index (χ3v) is 2.35. The zero-order valence-electron chi connectivity index (χ0n) is 7.58. The molecule has 2 rings (SSSR count). The lowest BCUT2D eigenvalue weighted by molar-refractivity contribution is 0.612. The molecule has 14 heavy (non-hydrogen) atoms. The van der Waals surface area contributed by atoms with E-state index in [1.807, 2.05) is 17.8 Å². The van der Waals surface area contributed by atoms with Crippen LogP contribution in [0.3, 0.4) is 0 Å². The molecule has 0 aliphatic carbocycles. The molecular formula is C7H10N6S. The third-order valence-electron chi connectivity index (χ3n) is 1.86. The lowest BCUT2D eigenvalue weighted by Crippen LogP contribution is -2.29. The summed E-state index contributed by atoms with van der Waals surface area (Å²) in [5, 5.41) is 0. The fourth-order valence-electron chi connectivity index (χ4n) is 1.20. The Kier molecular flexibility index (Phi) is 2.53. The number of hydrazine groups is 1. The second-order valence-corrected chi connectivity index (χ2v) is 3.45. The fourth-order valence-corrected chi connectivity index (χ4v) is 1.65. The molecule has 0 aromatic carbocycles. The molecule has 0 amide bonds. The van der Waals surface area contributed by atoms with Gasteiger partial charge in [-0.1, -0.05) is 0 Å².